The van der Waals surface area contributed by atoms with Crippen LogP contribution in [0.3, 0.4) is 0 Å². The minimum Gasteiger partial charge on any atom is -0.477 e. The summed E-state index contributed by atoms with van der Waals surface area (Å²) in [6.45, 7) is 0.468. The first kappa shape index (κ1) is 26.2. The van der Waals surface area contributed by atoms with Gasteiger partial charge in [-0.15, -0.1) is 0 Å². The minimum absolute atomic E-state index is 0.0673. The van der Waals surface area contributed by atoms with Gasteiger partial charge in [0.05, 0.1) is 11.3 Å². The van der Waals surface area contributed by atoms with Gasteiger partial charge >= 0.3 is 24.3 Å². The van der Waals surface area contributed by atoms with Crippen LogP contribution >= 0.6 is 0 Å². The van der Waals surface area contributed by atoms with Gasteiger partial charge in [-0.2, -0.15) is 31.4 Å². The van der Waals surface area contributed by atoms with E-state index in [0.29, 0.717) is 23.1 Å². The second kappa shape index (κ2) is 9.54. The van der Waals surface area contributed by atoms with Crippen LogP contribution < -0.4 is 10.5 Å². The fourth-order valence-electron chi connectivity index (χ4n) is 4.23. The van der Waals surface area contributed by atoms with Crippen LogP contribution in [0.15, 0.2) is 36.4 Å². The molecule has 0 saturated heterocycles. The number of alkyl halides is 6. The number of aromatic carboxylic acids is 1. The molecule has 3 N–H and O–H groups in total. The number of nitrogens with two attached hydrogens (primary N) is 1. The number of nitrogens with zero attached hydrogens (tertiary/aromatic N) is 2. The van der Waals surface area contributed by atoms with E-state index in [2.05, 4.69) is 9.84 Å². The molecule has 0 bridgehead atoms. The molecule has 13 heteroatoms. The van der Waals surface area contributed by atoms with Crippen molar-refractivity contribution in [2.75, 3.05) is 6.54 Å². The van der Waals surface area contributed by atoms with Crippen molar-refractivity contribution >= 4 is 11.9 Å². The largest absolute Gasteiger partial charge is 0.491 e. The zero-order valence-electron chi connectivity index (χ0n) is 18.9. The number of hydrogen-bond donors (Lipinski definition) is 2. The third kappa shape index (κ3) is 5.17. The number of ether oxygens (including phenoxy) is 1. The van der Waals surface area contributed by atoms with Gasteiger partial charge in [0.2, 0.25) is 0 Å². The topological polar surface area (TPSA) is 107 Å². The fourth-order valence-corrected chi connectivity index (χ4v) is 4.23. The lowest BCUT2D eigenvalue weighted by Gasteiger charge is -2.20. The van der Waals surface area contributed by atoms with Gasteiger partial charge in [-0.3, -0.25) is 4.68 Å². The number of carbonyl (C=O) groups is 2. The van der Waals surface area contributed by atoms with Crippen LogP contribution in [0.25, 0.3) is 22.4 Å². The summed E-state index contributed by atoms with van der Waals surface area (Å²) in [5.41, 5.74) is 5.35. The summed E-state index contributed by atoms with van der Waals surface area (Å²) < 4.78 is 84.7. The fraction of sp³-hybridized carbons (Fsp3) is 0.292. The summed E-state index contributed by atoms with van der Waals surface area (Å²) in [4.78, 5) is 23.6. The highest BCUT2D eigenvalue weighted by molar-refractivity contribution is 5.92. The highest BCUT2D eigenvalue weighted by Gasteiger charge is 2.42. The van der Waals surface area contributed by atoms with E-state index in [1.54, 1.807) is 0 Å². The van der Waals surface area contributed by atoms with Gasteiger partial charge < -0.3 is 15.6 Å². The Balaban J connectivity index is 1.93. The number of fused-ring (bicyclic) bond motifs is 3. The van der Waals surface area contributed by atoms with Gasteiger partial charge in [-0.05, 0) is 61.2 Å². The van der Waals surface area contributed by atoms with Crippen LogP contribution in [0.4, 0.5) is 26.3 Å². The van der Waals surface area contributed by atoms with E-state index in [1.807, 2.05) is 0 Å². The lowest BCUT2D eigenvalue weighted by molar-refractivity contribution is -0.189. The number of carbonyl (C=O) groups excluding carboxylic acids is 1. The van der Waals surface area contributed by atoms with Gasteiger partial charge in [-0.1, -0.05) is 12.1 Å². The standard InChI is InChI=1S/C24H19F6N3O4/c25-23(26,27)14-4-1-3-12(9-14)16-11-17-13(10-18(16)37-22(36)24(28,29)30)5-6-15-19(17)32-33(8-2-7-31)20(15)21(34)35/h1,3-4,9-11H,2,5-8,31H2,(H,34,35). The maximum Gasteiger partial charge on any atom is 0.491 e. The van der Waals surface area contributed by atoms with E-state index in [9.17, 15) is 41.0 Å². The highest BCUT2D eigenvalue weighted by atomic mass is 19.4. The summed E-state index contributed by atoms with van der Waals surface area (Å²) in [6.07, 6.45) is -9.30. The van der Waals surface area contributed by atoms with Crippen molar-refractivity contribution in [2.24, 2.45) is 5.73 Å². The first-order valence-corrected chi connectivity index (χ1v) is 11.0. The summed E-state index contributed by atoms with van der Waals surface area (Å²) in [6, 6.07) is 6.24. The zero-order chi connectivity index (χ0) is 27.1. The van der Waals surface area contributed by atoms with E-state index >= 15 is 0 Å². The molecule has 0 unspecified atom stereocenters. The average Bonchev–Trinajstić information content (AvgIpc) is 3.20. The molecule has 0 saturated carbocycles. The van der Waals surface area contributed by atoms with Crippen molar-refractivity contribution in [1.29, 1.82) is 0 Å². The second-order valence-corrected chi connectivity index (χ2v) is 8.32. The predicted molar refractivity (Wildman–Crippen MR) is 118 cm³/mol. The molecule has 0 fully saturated rings. The van der Waals surface area contributed by atoms with Crippen LogP contribution in [0.2, 0.25) is 0 Å². The van der Waals surface area contributed by atoms with Crippen LogP contribution in [0.1, 0.15) is 33.6 Å². The summed E-state index contributed by atoms with van der Waals surface area (Å²) in [7, 11) is 0. The van der Waals surface area contributed by atoms with Gasteiger partial charge in [0.1, 0.15) is 11.4 Å². The number of benzene rings is 2. The molecule has 37 heavy (non-hydrogen) atoms. The van der Waals surface area contributed by atoms with Crippen molar-refractivity contribution in [3.8, 4) is 28.1 Å². The molecule has 3 aromatic rings. The first-order valence-electron chi connectivity index (χ1n) is 11.0. The Labute approximate surface area is 205 Å². The molecule has 1 aliphatic rings. The Bertz CT molecular complexity index is 1380. The van der Waals surface area contributed by atoms with Crippen LogP contribution in [-0.2, 0) is 30.4 Å². The highest BCUT2D eigenvalue weighted by Crippen LogP contribution is 2.43. The molecule has 1 aromatic heterocycles. The number of hydrogen-bond acceptors (Lipinski definition) is 5. The van der Waals surface area contributed by atoms with Gasteiger partial charge in [-0.25, -0.2) is 9.59 Å². The van der Waals surface area contributed by atoms with Gasteiger partial charge in [0.15, 0.2) is 0 Å². The summed E-state index contributed by atoms with van der Waals surface area (Å²) >= 11 is 0. The molecule has 196 valence electrons. The Hall–Kier alpha value is -3.87. The van der Waals surface area contributed by atoms with Crippen LogP contribution in [0.5, 0.6) is 5.75 Å². The second-order valence-electron chi connectivity index (χ2n) is 8.32. The lowest BCUT2D eigenvalue weighted by atomic mass is 9.86. The number of aryl methyl sites for hydroxylation is 2. The van der Waals surface area contributed by atoms with E-state index in [-0.39, 0.29) is 48.4 Å². The molecular weight excluding hydrogens is 508 g/mol. The zero-order valence-corrected chi connectivity index (χ0v) is 18.9. The summed E-state index contributed by atoms with van der Waals surface area (Å²) in [5, 5.41) is 14.1. The van der Waals surface area contributed by atoms with E-state index < -0.39 is 35.6 Å². The number of aromatic nitrogens is 2. The van der Waals surface area contributed by atoms with Gasteiger partial charge in [0.25, 0.3) is 0 Å². The molecule has 7 nitrogen and oxygen atoms in total. The number of carboxylic acid groups (broad SMARTS) is 1. The molecule has 0 atom stereocenters. The molecule has 4 rings (SSSR count). The van der Waals surface area contributed by atoms with Crippen LogP contribution in [-0.4, -0.2) is 39.5 Å². The molecule has 1 aliphatic carbocycles. The molecule has 2 aromatic carbocycles. The Morgan fingerprint density at radius 2 is 1.78 bits per heavy atom. The normalized spacial score (nSPS) is 13.2. The maximum atomic E-state index is 13.3. The molecule has 0 amide bonds. The number of halogens is 6. The van der Waals surface area contributed by atoms with Crippen molar-refractivity contribution in [2.45, 2.75) is 38.2 Å². The molecule has 0 spiro atoms. The molecule has 0 aliphatic heterocycles. The smallest absolute Gasteiger partial charge is 0.477 e. The quantitative estimate of drug-likeness (QED) is 0.270. The molecular formula is C24H19F6N3O4. The van der Waals surface area contributed by atoms with Crippen molar-refractivity contribution < 1.29 is 45.8 Å². The summed E-state index contributed by atoms with van der Waals surface area (Å²) in [5.74, 6) is -4.34. The third-order valence-electron chi connectivity index (χ3n) is 5.87. The maximum absolute atomic E-state index is 13.3. The number of esters is 1. The minimum atomic E-state index is -5.34. The Kier molecular flexibility index (Phi) is 6.76. The first-order chi connectivity index (χ1) is 17.3. The van der Waals surface area contributed by atoms with E-state index in [4.69, 9.17) is 5.73 Å². The molecule has 0 radical (unpaired) electrons. The third-order valence-corrected chi connectivity index (χ3v) is 5.87. The number of rotatable bonds is 6. The van der Waals surface area contributed by atoms with Crippen molar-refractivity contribution in [3.63, 3.8) is 0 Å². The van der Waals surface area contributed by atoms with Crippen molar-refractivity contribution in [1.82, 2.24) is 9.78 Å². The molecule has 1 heterocycles. The number of carboxylic acids is 1. The monoisotopic (exact) mass is 527 g/mol. The Morgan fingerprint density at radius 1 is 1.05 bits per heavy atom. The Morgan fingerprint density at radius 3 is 2.41 bits per heavy atom. The predicted octanol–water partition coefficient (Wildman–Crippen LogP) is 4.85. The average molecular weight is 527 g/mol. The lowest BCUT2D eigenvalue weighted by Crippen LogP contribution is -2.28. The van der Waals surface area contributed by atoms with Gasteiger partial charge in [0, 0.05) is 23.2 Å². The SMILES string of the molecule is NCCCn1nc2c(c1C(=O)O)CCc1cc(OC(=O)C(F)(F)F)c(-c3cccc(C(F)(F)F)c3)cc1-2. The van der Waals surface area contributed by atoms with E-state index in [0.717, 1.165) is 24.3 Å². The van der Waals surface area contributed by atoms with Crippen LogP contribution in [0, 0.1) is 0 Å². The van der Waals surface area contributed by atoms with E-state index in [1.165, 1.54) is 16.8 Å². The van der Waals surface area contributed by atoms with Crippen molar-refractivity contribution in [3.05, 3.63) is 58.8 Å².